The van der Waals surface area contributed by atoms with Gasteiger partial charge < -0.3 is 14.5 Å². The van der Waals surface area contributed by atoms with Gasteiger partial charge in [-0.2, -0.15) is 0 Å². The highest BCUT2D eigenvalue weighted by molar-refractivity contribution is 5.81. The van der Waals surface area contributed by atoms with Crippen molar-refractivity contribution in [3.8, 4) is 11.8 Å². The lowest BCUT2D eigenvalue weighted by Crippen LogP contribution is -2.58. The molecule has 5 heteroatoms. The molecular weight excluding hydrogens is 340 g/mol. The minimum Gasteiger partial charge on any atom is -0.370 e. The molecule has 142 valence electrons. The average Bonchev–Trinajstić information content (AvgIpc) is 2.61. The van der Waals surface area contributed by atoms with Crippen molar-refractivity contribution in [3.05, 3.63) is 34.9 Å². The van der Waals surface area contributed by atoms with E-state index in [9.17, 15) is 9.59 Å². The Kier molecular flexibility index (Phi) is 4.92. The Labute approximate surface area is 160 Å². The molecule has 3 aliphatic rings. The van der Waals surface area contributed by atoms with E-state index in [1.54, 1.807) is 0 Å². The van der Waals surface area contributed by atoms with Gasteiger partial charge in [-0.3, -0.25) is 4.79 Å². The van der Waals surface area contributed by atoms with Crippen LogP contribution in [0.15, 0.2) is 18.2 Å². The summed E-state index contributed by atoms with van der Waals surface area (Å²) in [6, 6.07) is 6.29. The number of ether oxygens (including phenoxy) is 1. The predicted molar refractivity (Wildman–Crippen MR) is 102 cm³/mol. The standard InChI is InChI=1S/C22H26N2O3/c1-15-4-3-5-16(2)20(15)7-6-17-11-24(12-17)22(26)23-9-8-21-18(13-23)10-19(25)14-27-21/h3-5,17-18,21H,8-14H2,1-2H3/t18-,21+/m1/s1. The zero-order chi connectivity index (χ0) is 19.0. The van der Waals surface area contributed by atoms with Crippen LogP contribution in [0.4, 0.5) is 4.79 Å². The van der Waals surface area contributed by atoms with Crippen LogP contribution in [0.3, 0.4) is 0 Å². The van der Waals surface area contributed by atoms with Crippen LogP contribution in [0.25, 0.3) is 0 Å². The Hall–Kier alpha value is -2.32. The third kappa shape index (κ3) is 3.72. The van der Waals surface area contributed by atoms with Gasteiger partial charge in [-0.25, -0.2) is 4.79 Å². The van der Waals surface area contributed by atoms with Crippen LogP contribution in [-0.2, 0) is 9.53 Å². The summed E-state index contributed by atoms with van der Waals surface area (Å²) in [6.07, 6.45) is 1.50. The lowest BCUT2D eigenvalue weighted by atomic mass is 9.88. The van der Waals surface area contributed by atoms with Gasteiger partial charge in [0.2, 0.25) is 0 Å². The Morgan fingerprint density at radius 2 is 1.89 bits per heavy atom. The lowest BCUT2D eigenvalue weighted by molar-refractivity contribution is -0.140. The van der Waals surface area contributed by atoms with Crippen LogP contribution >= 0.6 is 0 Å². The van der Waals surface area contributed by atoms with Gasteiger partial charge in [0.05, 0.1) is 12.0 Å². The molecule has 1 aromatic carbocycles. The molecule has 0 aliphatic carbocycles. The second kappa shape index (κ2) is 7.36. The van der Waals surface area contributed by atoms with Gasteiger partial charge in [-0.1, -0.05) is 30.0 Å². The SMILES string of the molecule is Cc1cccc(C)c1C#CC1CN(C(=O)N2CC[C@@H]3OCC(=O)C[C@@H]3C2)C1. The first-order valence-electron chi connectivity index (χ1n) is 9.76. The largest absolute Gasteiger partial charge is 0.370 e. The fourth-order valence-corrected chi connectivity index (χ4v) is 4.26. The van der Waals surface area contributed by atoms with Gasteiger partial charge in [0.25, 0.3) is 0 Å². The smallest absolute Gasteiger partial charge is 0.320 e. The lowest BCUT2D eigenvalue weighted by Gasteiger charge is -2.45. The highest BCUT2D eigenvalue weighted by atomic mass is 16.5. The topological polar surface area (TPSA) is 49.9 Å². The summed E-state index contributed by atoms with van der Waals surface area (Å²) < 4.78 is 5.61. The molecule has 0 unspecified atom stereocenters. The number of aryl methyl sites for hydroxylation is 2. The fourth-order valence-electron chi connectivity index (χ4n) is 4.26. The third-order valence-corrected chi connectivity index (χ3v) is 5.92. The number of Topliss-reactive ketones (excluding diaryl/α,β-unsaturated/α-hetero) is 1. The Bertz CT molecular complexity index is 796. The van der Waals surface area contributed by atoms with E-state index < -0.39 is 0 Å². The molecule has 5 nitrogen and oxygen atoms in total. The summed E-state index contributed by atoms with van der Waals surface area (Å²) in [5, 5.41) is 0. The van der Waals surface area contributed by atoms with Crippen molar-refractivity contribution < 1.29 is 14.3 Å². The molecule has 3 fully saturated rings. The van der Waals surface area contributed by atoms with Crippen LogP contribution in [0, 0.1) is 37.5 Å². The van der Waals surface area contributed by atoms with E-state index in [0.717, 1.165) is 12.0 Å². The first kappa shape index (κ1) is 18.1. The number of piperidine rings is 1. The predicted octanol–water partition coefficient (Wildman–Crippen LogP) is 2.39. The first-order valence-corrected chi connectivity index (χ1v) is 9.76. The highest BCUT2D eigenvalue weighted by Gasteiger charge is 2.39. The monoisotopic (exact) mass is 366 g/mol. The third-order valence-electron chi connectivity index (χ3n) is 5.92. The van der Waals surface area contributed by atoms with Crippen LogP contribution in [0.2, 0.25) is 0 Å². The van der Waals surface area contributed by atoms with Crippen molar-refractivity contribution in [1.29, 1.82) is 0 Å². The maximum absolute atomic E-state index is 12.7. The van der Waals surface area contributed by atoms with E-state index in [-0.39, 0.29) is 36.4 Å². The molecule has 3 aliphatic heterocycles. The number of hydrogen-bond acceptors (Lipinski definition) is 3. The molecule has 1 aromatic rings. The van der Waals surface area contributed by atoms with Crippen LogP contribution in [-0.4, -0.2) is 60.5 Å². The number of urea groups is 1. The molecule has 0 N–H and O–H groups in total. The van der Waals surface area contributed by atoms with Gasteiger partial charge in [0.15, 0.2) is 5.78 Å². The van der Waals surface area contributed by atoms with Crippen molar-refractivity contribution in [1.82, 2.24) is 9.80 Å². The van der Waals surface area contributed by atoms with Crippen molar-refractivity contribution >= 4 is 11.8 Å². The summed E-state index contributed by atoms with van der Waals surface area (Å²) in [5.41, 5.74) is 3.50. The minimum absolute atomic E-state index is 0.0802. The molecule has 0 radical (unpaired) electrons. The molecule has 2 atom stereocenters. The van der Waals surface area contributed by atoms with Gasteiger partial charge in [-0.05, 0) is 31.4 Å². The summed E-state index contributed by atoms with van der Waals surface area (Å²) in [4.78, 5) is 28.1. The first-order chi connectivity index (χ1) is 13.0. The molecule has 3 heterocycles. The number of likely N-dealkylation sites (tertiary alicyclic amines) is 2. The number of amides is 2. The maximum Gasteiger partial charge on any atom is 0.320 e. The second-order valence-corrected chi connectivity index (χ2v) is 8.01. The zero-order valence-corrected chi connectivity index (χ0v) is 16.0. The number of benzene rings is 1. The summed E-state index contributed by atoms with van der Waals surface area (Å²) in [6.45, 7) is 7.12. The molecule has 0 spiro atoms. The zero-order valence-electron chi connectivity index (χ0n) is 16.0. The van der Waals surface area contributed by atoms with Crippen molar-refractivity contribution in [2.75, 3.05) is 32.8 Å². The molecule has 0 aromatic heterocycles. The fraction of sp³-hybridized carbons (Fsp3) is 0.545. The molecule has 4 rings (SSSR count). The Balaban J connectivity index is 1.32. The number of fused-ring (bicyclic) bond motifs is 1. The summed E-state index contributed by atoms with van der Waals surface area (Å²) in [5.74, 6) is 7.18. The molecule has 2 amide bonds. The number of nitrogens with zero attached hydrogens (tertiary/aromatic N) is 2. The van der Waals surface area contributed by atoms with Crippen LogP contribution in [0.5, 0.6) is 0 Å². The molecular formula is C22H26N2O3. The van der Waals surface area contributed by atoms with E-state index in [2.05, 4.69) is 37.8 Å². The van der Waals surface area contributed by atoms with E-state index in [1.165, 1.54) is 11.1 Å². The van der Waals surface area contributed by atoms with Gasteiger partial charge in [0, 0.05) is 44.1 Å². The van der Waals surface area contributed by atoms with E-state index in [4.69, 9.17) is 4.74 Å². The van der Waals surface area contributed by atoms with Crippen LogP contribution < -0.4 is 0 Å². The Morgan fingerprint density at radius 1 is 1.15 bits per heavy atom. The van der Waals surface area contributed by atoms with Crippen LogP contribution in [0.1, 0.15) is 29.5 Å². The number of rotatable bonds is 0. The number of carbonyl (C=O) groups is 2. The summed E-state index contributed by atoms with van der Waals surface area (Å²) in [7, 11) is 0. The molecule has 0 bridgehead atoms. The number of hydrogen-bond donors (Lipinski definition) is 0. The number of ketones is 1. The summed E-state index contributed by atoms with van der Waals surface area (Å²) >= 11 is 0. The molecule has 3 saturated heterocycles. The van der Waals surface area contributed by atoms with E-state index in [1.807, 2.05) is 15.9 Å². The molecule has 0 saturated carbocycles. The van der Waals surface area contributed by atoms with Gasteiger partial charge in [-0.15, -0.1) is 0 Å². The minimum atomic E-state index is 0.0802. The van der Waals surface area contributed by atoms with Gasteiger partial charge in [0.1, 0.15) is 6.61 Å². The highest BCUT2D eigenvalue weighted by Crippen LogP contribution is 2.28. The van der Waals surface area contributed by atoms with Crippen molar-refractivity contribution in [2.45, 2.75) is 32.8 Å². The second-order valence-electron chi connectivity index (χ2n) is 8.01. The van der Waals surface area contributed by atoms with Crippen molar-refractivity contribution in [3.63, 3.8) is 0 Å². The number of carbonyl (C=O) groups excluding carboxylic acids is 2. The maximum atomic E-state index is 12.7. The van der Waals surface area contributed by atoms with E-state index in [0.29, 0.717) is 32.6 Å². The molecule has 27 heavy (non-hydrogen) atoms. The normalized spacial score (nSPS) is 25.3. The van der Waals surface area contributed by atoms with Gasteiger partial charge >= 0.3 is 6.03 Å². The quantitative estimate of drug-likeness (QED) is 0.663. The Morgan fingerprint density at radius 3 is 2.63 bits per heavy atom. The van der Waals surface area contributed by atoms with Crippen molar-refractivity contribution in [2.24, 2.45) is 11.8 Å². The van der Waals surface area contributed by atoms with E-state index >= 15 is 0 Å². The average molecular weight is 366 g/mol.